The van der Waals surface area contributed by atoms with Gasteiger partial charge < -0.3 is 24.1 Å². The molecule has 52 heavy (non-hydrogen) atoms. The Morgan fingerprint density at radius 2 is 0.904 bits per heavy atom. The van der Waals surface area contributed by atoms with Gasteiger partial charge in [0.25, 0.3) is 0 Å². The number of para-hydroxylation sites is 4. The quantitative estimate of drug-likeness (QED) is 0.144. The third-order valence-electron chi connectivity index (χ3n) is 9.67. The van der Waals surface area contributed by atoms with Gasteiger partial charge in [-0.2, -0.15) is 0 Å². The average Bonchev–Trinajstić information content (AvgIpc) is 3.67. The van der Waals surface area contributed by atoms with Crippen LogP contribution >= 0.6 is 18.6 Å². The van der Waals surface area contributed by atoms with Crippen LogP contribution in [-0.4, -0.2) is 44.5 Å². The maximum absolute atomic E-state index is 12.0. The van der Waals surface area contributed by atoms with Gasteiger partial charge in [0.2, 0.25) is 0 Å². The van der Waals surface area contributed by atoms with Crippen molar-refractivity contribution < 1.29 is 32.0 Å². The Balaban J connectivity index is 0.00000136. The normalized spacial score (nSPS) is 11.5. The molecule has 0 saturated carbocycles. The van der Waals surface area contributed by atoms with E-state index in [0.29, 0.717) is 26.2 Å². The van der Waals surface area contributed by atoms with Gasteiger partial charge in [0, 0.05) is 59.4 Å². The zero-order chi connectivity index (χ0) is 36.4. The second kappa shape index (κ2) is 15.8. The average molecular weight is 765 g/mol. The van der Waals surface area contributed by atoms with Gasteiger partial charge in [0.05, 0.1) is 40.0 Å². The number of nitrogens with zero attached hydrogens (tertiary/aromatic N) is 3. The minimum absolute atomic E-state index is 0.249. The second-order valence-electron chi connectivity index (χ2n) is 13.1. The number of phenolic OH excluding ortho intramolecular Hbond substituents is 2. The van der Waals surface area contributed by atoms with Gasteiger partial charge in [-0.05, 0) is 61.4 Å². The number of benzene rings is 6. The molecule has 8 aromatic rings. The first-order valence-corrected chi connectivity index (χ1v) is 21.4. The van der Waals surface area contributed by atoms with Gasteiger partial charge in [0.15, 0.2) is 0 Å². The molecule has 0 aliphatic carbocycles. The number of hydrogen-bond acceptors (Lipinski definition) is 4. The first-order chi connectivity index (χ1) is 25.3. The molecule has 2 N–H and O–H groups in total. The predicted octanol–water partition coefficient (Wildman–Crippen LogP) is 10.9. The maximum atomic E-state index is 12.0. The van der Waals surface area contributed by atoms with Crippen LogP contribution in [-0.2, 0) is 34.9 Å². The zero-order valence-electron chi connectivity index (χ0n) is 29.3. The van der Waals surface area contributed by atoms with E-state index in [0.717, 1.165) is 77.2 Å². The number of fused-ring (bicyclic) bond motifs is 6. The van der Waals surface area contributed by atoms with Crippen LogP contribution in [0.3, 0.4) is 0 Å². The van der Waals surface area contributed by atoms with Crippen molar-refractivity contribution in [3.05, 3.63) is 144 Å². The van der Waals surface area contributed by atoms with E-state index in [1.54, 1.807) is 7.11 Å². The summed E-state index contributed by atoms with van der Waals surface area (Å²) in [5.74, 6) is 0.498. The number of methoxy groups -OCH3 is 1. The number of rotatable bonds is 9. The van der Waals surface area contributed by atoms with E-state index in [4.69, 9.17) is 23.3 Å². The topological polar surface area (TPSA) is 62.8 Å². The second-order valence-corrected chi connectivity index (χ2v) is 15.7. The molecular formula is C43H39Cl2N3O3Ti. The SMILES string of the molecule is COCCN(Cc1cc(C)cc(-n2c3ccccc3c3ccccc32)c1O)Cc1cc(C)cc(-n2c3ccccc3c3ccccc32)c1O.[Cl][Ti][Cl]. The molecule has 0 spiro atoms. The number of aryl methyl sites for hydroxylation is 2. The number of aromatic hydroxyl groups is 2. The molecule has 0 unspecified atom stereocenters. The molecule has 0 atom stereocenters. The van der Waals surface area contributed by atoms with Crippen LogP contribution in [0.15, 0.2) is 121 Å². The van der Waals surface area contributed by atoms with Gasteiger partial charge >= 0.3 is 35.6 Å². The van der Waals surface area contributed by atoms with E-state index < -0.39 is 17.0 Å². The fraction of sp³-hybridized carbons (Fsp3) is 0.163. The van der Waals surface area contributed by atoms with Gasteiger partial charge in [-0.3, -0.25) is 4.90 Å². The Morgan fingerprint density at radius 3 is 1.23 bits per heavy atom. The summed E-state index contributed by atoms with van der Waals surface area (Å²) in [5, 5.41) is 28.6. The van der Waals surface area contributed by atoms with E-state index >= 15 is 0 Å². The molecule has 0 aliphatic heterocycles. The van der Waals surface area contributed by atoms with Gasteiger partial charge in [-0.1, -0.05) is 84.9 Å². The number of hydrogen-bond donors (Lipinski definition) is 2. The van der Waals surface area contributed by atoms with Gasteiger partial charge in [0.1, 0.15) is 11.5 Å². The summed E-state index contributed by atoms with van der Waals surface area (Å²) < 4.78 is 9.87. The van der Waals surface area contributed by atoms with E-state index in [9.17, 15) is 10.2 Å². The summed E-state index contributed by atoms with van der Waals surface area (Å²) in [6.45, 7) is 6.22. The summed E-state index contributed by atoms with van der Waals surface area (Å²) in [7, 11) is 11.5. The summed E-state index contributed by atoms with van der Waals surface area (Å²) in [6, 6.07) is 41.6. The molecule has 2 heterocycles. The molecule has 0 bridgehead atoms. The minimum atomic E-state index is -0.556. The van der Waals surface area contributed by atoms with E-state index in [1.165, 1.54) is 0 Å². The van der Waals surface area contributed by atoms with Crippen molar-refractivity contribution in [2.24, 2.45) is 0 Å². The Labute approximate surface area is 320 Å². The monoisotopic (exact) mass is 763 g/mol. The third kappa shape index (κ3) is 6.83. The van der Waals surface area contributed by atoms with Crippen LogP contribution in [0.1, 0.15) is 22.3 Å². The summed E-state index contributed by atoms with van der Waals surface area (Å²) >= 11 is -0.556. The Morgan fingerprint density at radius 1 is 0.577 bits per heavy atom. The van der Waals surface area contributed by atoms with Crippen LogP contribution in [0.2, 0.25) is 0 Å². The van der Waals surface area contributed by atoms with E-state index in [2.05, 4.69) is 125 Å². The van der Waals surface area contributed by atoms with Crippen molar-refractivity contribution in [3.8, 4) is 22.9 Å². The van der Waals surface area contributed by atoms with Crippen molar-refractivity contribution in [1.82, 2.24) is 14.0 Å². The van der Waals surface area contributed by atoms with Crippen molar-refractivity contribution in [2.45, 2.75) is 26.9 Å². The molecule has 262 valence electrons. The first-order valence-electron chi connectivity index (χ1n) is 17.1. The number of phenols is 2. The predicted molar refractivity (Wildman–Crippen MR) is 212 cm³/mol. The Kier molecular flexibility index (Phi) is 10.9. The van der Waals surface area contributed by atoms with Gasteiger partial charge in [-0.25, -0.2) is 0 Å². The van der Waals surface area contributed by atoms with Crippen LogP contribution < -0.4 is 0 Å². The molecular weight excluding hydrogens is 725 g/mol. The Hall–Kier alpha value is -4.27. The molecule has 9 heteroatoms. The molecule has 0 amide bonds. The van der Waals surface area contributed by atoms with Crippen LogP contribution in [0, 0.1) is 13.8 Å². The zero-order valence-corrected chi connectivity index (χ0v) is 32.3. The Bertz CT molecular complexity index is 2270. The van der Waals surface area contributed by atoms with Crippen molar-refractivity contribution in [3.63, 3.8) is 0 Å². The summed E-state index contributed by atoms with van der Waals surface area (Å²) in [5.41, 5.74) is 9.47. The van der Waals surface area contributed by atoms with Crippen molar-refractivity contribution in [1.29, 1.82) is 0 Å². The molecule has 2 aromatic heterocycles. The number of halogens is 2. The van der Waals surface area contributed by atoms with Crippen molar-refractivity contribution >= 4 is 62.2 Å². The van der Waals surface area contributed by atoms with E-state index in [-0.39, 0.29) is 11.5 Å². The first kappa shape index (κ1) is 36.1. The number of ether oxygens (including phenoxy) is 1. The molecule has 0 aliphatic rings. The van der Waals surface area contributed by atoms with Crippen molar-refractivity contribution in [2.75, 3.05) is 20.3 Å². The molecule has 8 rings (SSSR count). The summed E-state index contributed by atoms with van der Waals surface area (Å²) in [6.07, 6.45) is 0. The molecule has 0 saturated heterocycles. The van der Waals surface area contributed by atoms with Gasteiger partial charge in [-0.15, -0.1) is 0 Å². The molecule has 0 fully saturated rings. The van der Waals surface area contributed by atoms with Crippen LogP contribution in [0.4, 0.5) is 0 Å². The number of aromatic nitrogens is 2. The molecule has 6 nitrogen and oxygen atoms in total. The third-order valence-corrected chi connectivity index (χ3v) is 9.67. The van der Waals surface area contributed by atoms with E-state index in [1.807, 2.05) is 24.3 Å². The summed E-state index contributed by atoms with van der Waals surface area (Å²) in [4.78, 5) is 2.23. The van der Waals surface area contributed by atoms with Crippen LogP contribution in [0.5, 0.6) is 11.5 Å². The van der Waals surface area contributed by atoms with Crippen LogP contribution in [0.25, 0.3) is 55.0 Å². The molecule has 0 radical (unpaired) electrons. The molecule has 6 aromatic carbocycles. The fourth-order valence-corrected chi connectivity index (χ4v) is 7.53. The fourth-order valence-electron chi connectivity index (χ4n) is 7.53. The standard InChI is InChI=1S/C43H39N3O3.2ClH.Ti/c1-28-22-30(42(47)40(24-28)45-36-16-8-4-12-32(36)33-13-5-9-17-37(33)45)26-44(20-21-49-3)27-31-23-29(2)25-41(43(31)48)46-38-18-10-6-14-34(38)35-15-7-11-19-39(35)46;;;/h4-19,22-25,47-48H,20-21,26-27H2,1-3H3;2*1H;/q;;;+2/p-2.